The third-order valence-corrected chi connectivity index (χ3v) is 4.76. The molecule has 5 nitrogen and oxygen atoms in total. The van der Waals surface area contributed by atoms with Crippen molar-refractivity contribution in [2.24, 2.45) is 10.9 Å². The van der Waals surface area contributed by atoms with Crippen LogP contribution in [-0.4, -0.2) is 29.1 Å². The molecule has 0 saturated heterocycles. The third kappa shape index (κ3) is 3.13. The highest BCUT2D eigenvalue weighted by Crippen LogP contribution is 2.24. The van der Waals surface area contributed by atoms with Crippen LogP contribution in [-0.2, 0) is 16.0 Å². The van der Waals surface area contributed by atoms with E-state index < -0.39 is 5.91 Å². The van der Waals surface area contributed by atoms with Gasteiger partial charge in [0.1, 0.15) is 0 Å². The molecule has 0 saturated carbocycles. The molecule has 2 heterocycles. The number of carbonyl (C=O) groups excluding carboxylic acids is 2. The van der Waals surface area contributed by atoms with Crippen LogP contribution in [0.2, 0.25) is 5.02 Å². The van der Waals surface area contributed by atoms with Crippen molar-refractivity contribution in [2.75, 3.05) is 6.54 Å². The first-order valence-electron chi connectivity index (χ1n) is 8.34. The summed E-state index contributed by atoms with van der Waals surface area (Å²) in [5.41, 5.74) is 3.13. The number of aromatic amines is 1. The number of allylic oxidation sites excluding steroid dienone is 4. The molecule has 1 aliphatic heterocycles. The van der Waals surface area contributed by atoms with Crippen molar-refractivity contribution in [3.63, 3.8) is 0 Å². The Kier molecular flexibility index (Phi) is 4.31. The largest absolute Gasteiger partial charge is 0.361 e. The minimum absolute atomic E-state index is 0.242. The van der Waals surface area contributed by atoms with Crippen LogP contribution < -0.4 is 5.32 Å². The highest BCUT2D eigenvalue weighted by atomic mass is 35.5. The van der Waals surface area contributed by atoms with Crippen LogP contribution >= 0.6 is 11.6 Å². The van der Waals surface area contributed by atoms with Crippen LogP contribution in [0.15, 0.2) is 65.3 Å². The Morgan fingerprint density at radius 2 is 2.19 bits per heavy atom. The summed E-state index contributed by atoms with van der Waals surface area (Å²) in [7, 11) is 0. The van der Waals surface area contributed by atoms with Gasteiger partial charge in [0, 0.05) is 40.3 Å². The highest BCUT2D eigenvalue weighted by molar-refractivity contribution is 6.31. The van der Waals surface area contributed by atoms with Gasteiger partial charge in [-0.25, -0.2) is 4.99 Å². The summed E-state index contributed by atoms with van der Waals surface area (Å²) in [4.78, 5) is 31.5. The molecular weight excluding hydrogens is 350 g/mol. The Balaban J connectivity index is 1.44. The third-order valence-electron chi connectivity index (χ3n) is 4.53. The molecular formula is C20H16ClN3O2. The van der Waals surface area contributed by atoms with Gasteiger partial charge in [-0.3, -0.25) is 9.59 Å². The van der Waals surface area contributed by atoms with E-state index in [1.807, 2.05) is 42.6 Å². The van der Waals surface area contributed by atoms with Gasteiger partial charge in [0.05, 0.1) is 11.6 Å². The van der Waals surface area contributed by atoms with E-state index in [1.54, 1.807) is 6.08 Å². The summed E-state index contributed by atoms with van der Waals surface area (Å²) < 4.78 is 0. The van der Waals surface area contributed by atoms with Crippen molar-refractivity contribution >= 4 is 40.0 Å². The second-order valence-electron chi connectivity index (χ2n) is 6.21. The summed E-state index contributed by atoms with van der Waals surface area (Å²) in [5.74, 6) is -0.897. The zero-order valence-corrected chi connectivity index (χ0v) is 14.6. The first kappa shape index (κ1) is 16.5. The normalized spacial score (nSPS) is 18.5. The zero-order chi connectivity index (χ0) is 18.1. The van der Waals surface area contributed by atoms with E-state index in [9.17, 15) is 9.59 Å². The lowest BCUT2D eigenvalue weighted by Crippen LogP contribution is -2.34. The molecule has 4 rings (SSSR count). The Morgan fingerprint density at radius 3 is 3.08 bits per heavy atom. The van der Waals surface area contributed by atoms with E-state index in [1.165, 1.54) is 6.08 Å². The maximum atomic E-state index is 12.6. The number of aliphatic imine (C=N–C) groups is 1. The van der Waals surface area contributed by atoms with Gasteiger partial charge in [-0.05, 0) is 36.3 Å². The predicted octanol–water partition coefficient (Wildman–Crippen LogP) is 3.13. The zero-order valence-electron chi connectivity index (χ0n) is 13.8. The van der Waals surface area contributed by atoms with E-state index in [0.717, 1.165) is 16.5 Å². The smallest absolute Gasteiger partial charge is 0.270 e. The fourth-order valence-corrected chi connectivity index (χ4v) is 3.43. The fourth-order valence-electron chi connectivity index (χ4n) is 3.26. The first-order chi connectivity index (χ1) is 12.6. The van der Waals surface area contributed by atoms with Gasteiger partial charge < -0.3 is 10.3 Å². The lowest BCUT2D eigenvalue weighted by Gasteiger charge is -2.21. The van der Waals surface area contributed by atoms with Crippen LogP contribution in [0, 0.1) is 5.92 Å². The van der Waals surface area contributed by atoms with Gasteiger partial charge in [-0.2, -0.15) is 0 Å². The number of hydrogen-bond donors (Lipinski definition) is 2. The molecule has 26 heavy (non-hydrogen) atoms. The van der Waals surface area contributed by atoms with Gasteiger partial charge in [-0.1, -0.05) is 29.8 Å². The maximum absolute atomic E-state index is 12.6. The second kappa shape index (κ2) is 6.77. The van der Waals surface area contributed by atoms with Crippen LogP contribution in [0.4, 0.5) is 0 Å². The first-order valence-corrected chi connectivity index (χ1v) is 8.72. The SMILES string of the molecule is O=C1C=C(C(=O)NCCc2c[nH]c3ccc(Cl)cc23)C2C=CC=CC2=N1. The molecule has 0 bridgehead atoms. The van der Waals surface area contributed by atoms with Crippen molar-refractivity contribution < 1.29 is 9.59 Å². The Bertz CT molecular complexity index is 1030. The van der Waals surface area contributed by atoms with Crippen LogP contribution in [0.3, 0.4) is 0 Å². The summed E-state index contributed by atoms with van der Waals surface area (Å²) in [6.45, 7) is 0.461. The minimum atomic E-state index is -0.396. The maximum Gasteiger partial charge on any atom is 0.270 e. The van der Waals surface area contributed by atoms with E-state index in [-0.39, 0.29) is 11.8 Å². The molecule has 6 heteroatoms. The topological polar surface area (TPSA) is 74.3 Å². The van der Waals surface area contributed by atoms with Crippen molar-refractivity contribution in [1.82, 2.24) is 10.3 Å². The van der Waals surface area contributed by atoms with E-state index in [0.29, 0.717) is 29.3 Å². The molecule has 1 aliphatic carbocycles. The van der Waals surface area contributed by atoms with E-state index in [2.05, 4.69) is 15.3 Å². The van der Waals surface area contributed by atoms with Gasteiger partial charge in [0.25, 0.3) is 5.91 Å². The highest BCUT2D eigenvalue weighted by Gasteiger charge is 2.28. The van der Waals surface area contributed by atoms with E-state index in [4.69, 9.17) is 11.6 Å². The van der Waals surface area contributed by atoms with Crippen molar-refractivity contribution in [1.29, 1.82) is 0 Å². The molecule has 1 unspecified atom stereocenters. The van der Waals surface area contributed by atoms with Crippen molar-refractivity contribution in [2.45, 2.75) is 6.42 Å². The number of rotatable bonds is 4. The number of carbonyl (C=O) groups is 2. The predicted molar refractivity (Wildman–Crippen MR) is 102 cm³/mol. The summed E-state index contributed by atoms with van der Waals surface area (Å²) >= 11 is 6.07. The van der Waals surface area contributed by atoms with Gasteiger partial charge >= 0.3 is 0 Å². The molecule has 0 fully saturated rings. The molecule has 1 aromatic heterocycles. The number of nitrogens with one attached hydrogen (secondary N) is 2. The number of halogens is 1. The average Bonchev–Trinajstić information content (AvgIpc) is 3.03. The summed E-state index contributed by atoms with van der Waals surface area (Å²) in [6, 6.07) is 5.68. The molecule has 2 aromatic rings. The van der Waals surface area contributed by atoms with Crippen molar-refractivity contribution in [3.8, 4) is 0 Å². The van der Waals surface area contributed by atoms with E-state index >= 15 is 0 Å². The number of amides is 2. The molecule has 1 aromatic carbocycles. The molecule has 0 radical (unpaired) electrons. The molecule has 2 amide bonds. The van der Waals surface area contributed by atoms with Gasteiger partial charge in [0.15, 0.2) is 0 Å². The Labute approximate surface area is 155 Å². The number of H-pyrrole nitrogens is 1. The number of benzene rings is 1. The number of aromatic nitrogens is 1. The lowest BCUT2D eigenvalue weighted by atomic mass is 9.87. The monoisotopic (exact) mass is 365 g/mol. The number of nitrogens with zero attached hydrogens (tertiary/aromatic N) is 1. The van der Waals surface area contributed by atoms with Crippen molar-refractivity contribution in [3.05, 3.63) is 70.9 Å². The molecule has 0 spiro atoms. The molecule has 2 aliphatic rings. The summed E-state index contributed by atoms with van der Waals surface area (Å²) in [6.07, 6.45) is 11.2. The number of dihydropyridines is 1. The quantitative estimate of drug-likeness (QED) is 0.873. The molecule has 130 valence electrons. The average molecular weight is 366 g/mol. The Hall–Kier alpha value is -2.92. The molecule has 1 atom stereocenters. The number of fused-ring (bicyclic) bond motifs is 2. The van der Waals surface area contributed by atoms with Crippen LogP contribution in [0.5, 0.6) is 0 Å². The van der Waals surface area contributed by atoms with Crippen LogP contribution in [0.1, 0.15) is 5.56 Å². The Morgan fingerprint density at radius 1 is 1.31 bits per heavy atom. The standard InChI is InChI=1S/C20H16ClN3O2/c21-13-5-6-17-15(9-13)12(11-23-17)7-8-22-20(26)16-10-19(25)24-18-4-2-1-3-14(16)18/h1-6,9-11,14,23H,7-8H2,(H,22,26). The number of hydrogen-bond acceptors (Lipinski definition) is 2. The van der Waals surface area contributed by atoms with Crippen LogP contribution in [0.25, 0.3) is 10.9 Å². The molecule has 2 N–H and O–H groups in total. The minimum Gasteiger partial charge on any atom is -0.361 e. The summed E-state index contributed by atoms with van der Waals surface area (Å²) in [5, 5.41) is 4.63. The second-order valence-corrected chi connectivity index (χ2v) is 6.64. The van der Waals surface area contributed by atoms with Gasteiger partial charge in [-0.15, -0.1) is 0 Å². The van der Waals surface area contributed by atoms with Gasteiger partial charge in [0.2, 0.25) is 5.91 Å². The lowest BCUT2D eigenvalue weighted by molar-refractivity contribution is -0.119. The fraction of sp³-hybridized carbons (Fsp3) is 0.150.